The van der Waals surface area contributed by atoms with Crippen molar-refractivity contribution >= 4 is 19.0 Å². The van der Waals surface area contributed by atoms with Gasteiger partial charge in [-0.05, 0) is 37.6 Å². The highest BCUT2D eigenvalue weighted by molar-refractivity contribution is 7.77. The van der Waals surface area contributed by atoms with Crippen LogP contribution in [0.5, 0.6) is 5.75 Å². The predicted molar refractivity (Wildman–Crippen MR) is 92.4 cm³/mol. The number of aromatic hydroxyl groups is 1. The zero-order valence-corrected chi connectivity index (χ0v) is 13.1. The number of aryl methyl sites for hydroxylation is 1. The van der Waals surface area contributed by atoms with Crippen LogP contribution in [0, 0.1) is 5.41 Å². The van der Waals surface area contributed by atoms with E-state index in [0.717, 1.165) is 19.2 Å². The van der Waals surface area contributed by atoms with Gasteiger partial charge >= 0.3 is 0 Å². The molecule has 0 spiro atoms. The van der Waals surface area contributed by atoms with E-state index in [4.69, 9.17) is 10.5 Å². The molecule has 0 aliphatic rings. The van der Waals surface area contributed by atoms with Crippen LogP contribution in [0.3, 0.4) is 0 Å². The minimum Gasteiger partial charge on any atom is -0.507 e. The molecule has 0 aliphatic heterocycles. The molecule has 0 unspecified atom stereocenters. The van der Waals surface area contributed by atoms with E-state index in [0.29, 0.717) is 5.56 Å². The van der Waals surface area contributed by atoms with E-state index in [9.17, 15) is 0 Å². The molecule has 3 nitrogen and oxygen atoms in total. The Bertz CT molecular complexity index is 529. The number of nitrogens with zero attached hydrogens (tertiary/aromatic N) is 1. The first-order valence-electron chi connectivity index (χ1n) is 6.86. The van der Waals surface area contributed by atoms with Crippen LogP contribution in [-0.2, 0) is 6.42 Å². The number of hydrogen-bond donors (Lipinski definition) is 3. The first-order chi connectivity index (χ1) is 10.1. The Morgan fingerprint density at radius 3 is 2.24 bits per heavy atom. The van der Waals surface area contributed by atoms with Gasteiger partial charge in [-0.15, -0.1) is 0 Å². The van der Waals surface area contributed by atoms with Gasteiger partial charge in [0.05, 0.1) is 0 Å². The topological polar surface area (TPSA) is 47.3 Å². The lowest BCUT2D eigenvalue weighted by atomic mass is 10.1. The van der Waals surface area contributed by atoms with Gasteiger partial charge in [0.2, 0.25) is 0 Å². The van der Waals surface area contributed by atoms with Crippen molar-refractivity contribution < 1.29 is 5.11 Å². The van der Waals surface area contributed by atoms with Crippen molar-refractivity contribution in [1.82, 2.24) is 4.31 Å². The van der Waals surface area contributed by atoms with Crippen LogP contribution >= 0.6 is 12.8 Å². The summed E-state index contributed by atoms with van der Waals surface area (Å²) >= 11 is 4.18. The Hall–Kier alpha value is -1.78. The first-order valence-corrected chi connectivity index (χ1v) is 7.26. The minimum atomic E-state index is 0.160. The van der Waals surface area contributed by atoms with Gasteiger partial charge in [0.15, 0.2) is 0 Å². The standard InChI is InChI=1S/C10H15NS.C7H7NO/c1-11(12)9-5-8-10-6-3-2-4-7-10;8-5-6-3-1-2-4-7(6)9/h2-4,6-7,12H,5,8-9H2,1H3;1-5,8-9H. The molecular weight excluding hydrogens is 280 g/mol. The van der Waals surface area contributed by atoms with E-state index in [2.05, 4.69) is 37.1 Å². The van der Waals surface area contributed by atoms with Crippen LogP contribution in [0.25, 0.3) is 0 Å². The minimum absolute atomic E-state index is 0.160. The number of hydrogen-bond acceptors (Lipinski definition) is 4. The van der Waals surface area contributed by atoms with Gasteiger partial charge in [-0.25, -0.2) is 0 Å². The van der Waals surface area contributed by atoms with Crippen LogP contribution in [0.2, 0.25) is 0 Å². The highest BCUT2D eigenvalue weighted by Gasteiger charge is 1.93. The highest BCUT2D eigenvalue weighted by Crippen LogP contribution is 2.11. The molecule has 2 aromatic carbocycles. The Morgan fingerprint density at radius 1 is 1.10 bits per heavy atom. The van der Waals surface area contributed by atoms with Crippen molar-refractivity contribution in [1.29, 1.82) is 5.41 Å². The summed E-state index contributed by atoms with van der Waals surface area (Å²) in [5, 5.41) is 15.8. The third-order valence-electron chi connectivity index (χ3n) is 2.88. The molecule has 0 heterocycles. The molecule has 0 saturated heterocycles. The summed E-state index contributed by atoms with van der Waals surface area (Å²) in [5.41, 5.74) is 1.96. The normalized spacial score (nSPS) is 9.86. The number of phenols is 1. The number of phenolic OH excluding ortho intramolecular Hbond substituents is 1. The molecule has 21 heavy (non-hydrogen) atoms. The van der Waals surface area contributed by atoms with Gasteiger partial charge in [0.25, 0.3) is 0 Å². The van der Waals surface area contributed by atoms with E-state index < -0.39 is 0 Å². The summed E-state index contributed by atoms with van der Waals surface area (Å²) in [6, 6.07) is 17.3. The summed E-state index contributed by atoms with van der Waals surface area (Å²) in [6.45, 7) is 1.04. The van der Waals surface area contributed by atoms with Gasteiger partial charge in [0, 0.05) is 18.3 Å². The van der Waals surface area contributed by atoms with Crippen LogP contribution < -0.4 is 0 Å². The van der Waals surface area contributed by atoms with Crippen LogP contribution in [0.1, 0.15) is 17.5 Å². The maximum absolute atomic E-state index is 8.96. The molecule has 4 heteroatoms. The molecule has 0 amide bonds. The smallest absolute Gasteiger partial charge is 0.124 e. The highest BCUT2D eigenvalue weighted by atomic mass is 32.1. The zero-order chi connectivity index (χ0) is 15.5. The molecule has 0 atom stereocenters. The van der Waals surface area contributed by atoms with Crippen molar-refractivity contribution in [3.63, 3.8) is 0 Å². The molecule has 2 N–H and O–H groups in total. The van der Waals surface area contributed by atoms with Crippen molar-refractivity contribution in [3.8, 4) is 5.75 Å². The van der Waals surface area contributed by atoms with Gasteiger partial charge < -0.3 is 10.5 Å². The third kappa shape index (κ3) is 7.54. The number of benzene rings is 2. The average molecular weight is 302 g/mol. The molecule has 0 saturated carbocycles. The lowest BCUT2D eigenvalue weighted by molar-refractivity contribution is 0.474. The fourth-order valence-corrected chi connectivity index (χ4v) is 1.91. The van der Waals surface area contributed by atoms with Crippen molar-refractivity contribution in [2.24, 2.45) is 0 Å². The fourth-order valence-electron chi connectivity index (χ4n) is 1.77. The molecule has 0 radical (unpaired) electrons. The molecular formula is C17H22N2OS. The molecule has 2 rings (SSSR count). The van der Waals surface area contributed by atoms with Gasteiger partial charge in [-0.1, -0.05) is 55.3 Å². The molecule has 0 aliphatic carbocycles. The van der Waals surface area contributed by atoms with Crippen LogP contribution in [-0.4, -0.2) is 29.2 Å². The summed E-state index contributed by atoms with van der Waals surface area (Å²) in [5.74, 6) is 0.160. The molecule has 0 bridgehead atoms. The largest absolute Gasteiger partial charge is 0.507 e. The van der Waals surface area contributed by atoms with Gasteiger partial charge in [-0.2, -0.15) is 0 Å². The maximum atomic E-state index is 8.96. The number of thiol groups is 1. The number of nitrogens with one attached hydrogen (secondary N) is 1. The Kier molecular flexibility index (Phi) is 8.24. The summed E-state index contributed by atoms with van der Waals surface area (Å²) in [4.78, 5) is 0. The molecule has 2 aromatic rings. The summed E-state index contributed by atoms with van der Waals surface area (Å²) < 4.78 is 1.92. The van der Waals surface area contributed by atoms with Gasteiger partial charge in [-0.3, -0.25) is 4.31 Å². The maximum Gasteiger partial charge on any atom is 0.124 e. The van der Waals surface area contributed by atoms with E-state index in [1.54, 1.807) is 24.3 Å². The summed E-state index contributed by atoms with van der Waals surface area (Å²) in [7, 11) is 1.98. The first kappa shape index (κ1) is 17.3. The van der Waals surface area contributed by atoms with E-state index in [-0.39, 0.29) is 5.75 Å². The van der Waals surface area contributed by atoms with E-state index >= 15 is 0 Å². The fraction of sp³-hybridized carbons (Fsp3) is 0.235. The lowest BCUT2D eigenvalue weighted by Gasteiger charge is -2.07. The second-order valence-corrected chi connectivity index (χ2v) is 5.36. The Morgan fingerprint density at radius 2 is 1.71 bits per heavy atom. The SMILES string of the molecule is CN(S)CCCc1ccccc1.N=Cc1ccccc1O. The molecule has 0 aromatic heterocycles. The van der Waals surface area contributed by atoms with Gasteiger partial charge in [0.1, 0.15) is 5.75 Å². The van der Waals surface area contributed by atoms with E-state index in [1.165, 1.54) is 12.0 Å². The van der Waals surface area contributed by atoms with Crippen LogP contribution in [0.15, 0.2) is 54.6 Å². The molecule has 112 valence electrons. The van der Waals surface area contributed by atoms with Crippen molar-refractivity contribution in [2.45, 2.75) is 12.8 Å². The monoisotopic (exact) mass is 302 g/mol. The predicted octanol–water partition coefficient (Wildman–Crippen LogP) is 3.79. The van der Waals surface area contributed by atoms with Crippen molar-refractivity contribution in [3.05, 3.63) is 65.7 Å². The quantitative estimate of drug-likeness (QED) is 0.581. The molecule has 0 fully saturated rings. The summed E-state index contributed by atoms with van der Waals surface area (Å²) in [6.07, 6.45) is 3.44. The van der Waals surface area contributed by atoms with E-state index in [1.807, 2.05) is 17.4 Å². The third-order valence-corrected chi connectivity index (χ3v) is 3.08. The second kappa shape index (κ2) is 10.0. The zero-order valence-electron chi connectivity index (χ0n) is 12.2. The lowest BCUT2D eigenvalue weighted by Crippen LogP contribution is -2.07. The Labute approximate surface area is 132 Å². The second-order valence-electron chi connectivity index (χ2n) is 4.67. The average Bonchev–Trinajstić information content (AvgIpc) is 2.49. The van der Waals surface area contributed by atoms with Crippen molar-refractivity contribution in [2.75, 3.05) is 13.6 Å². The van der Waals surface area contributed by atoms with Crippen LogP contribution in [0.4, 0.5) is 0 Å². The number of para-hydroxylation sites is 1. The number of rotatable bonds is 5. The Balaban J connectivity index is 0.000000219.